The summed E-state index contributed by atoms with van der Waals surface area (Å²) in [4.78, 5) is 12.2. The second kappa shape index (κ2) is 6.27. The van der Waals surface area contributed by atoms with Gasteiger partial charge in [0.05, 0.1) is 4.47 Å². The van der Waals surface area contributed by atoms with Gasteiger partial charge in [0.25, 0.3) is 0 Å². The molecule has 106 valence electrons. The van der Waals surface area contributed by atoms with E-state index in [2.05, 4.69) is 28.1 Å². The standard InChI is InChI=1S/C18H15BrO2/c19-15-10-5-9-14-12-17(21-18(14)15)16(20)11-4-8-13-6-2-1-3-7-13/h1-3,5-7,9-10,12H,4,8,11H2. The predicted octanol–water partition coefficient (Wildman–Crippen LogP) is 5.40. The Hall–Kier alpha value is -1.87. The number of fused-ring (bicyclic) bond motifs is 1. The lowest BCUT2D eigenvalue weighted by molar-refractivity contribution is 0.0955. The number of hydrogen-bond donors (Lipinski definition) is 0. The van der Waals surface area contributed by atoms with Crippen molar-refractivity contribution < 1.29 is 9.21 Å². The summed E-state index contributed by atoms with van der Waals surface area (Å²) in [6, 6.07) is 17.8. The summed E-state index contributed by atoms with van der Waals surface area (Å²) in [5, 5.41) is 0.954. The smallest absolute Gasteiger partial charge is 0.198 e. The molecule has 1 aromatic heterocycles. The Balaban J connectivity index is 1.65. The highest BCUT2D eigenvalue weighted by Crippen LogP contribution is 2.27. The van der Waals surface area contributed by atoms with Gasteiger partial charge in [0.1, 0.15) is 5.58 Å². The van der Waals surface area contributed by atoms with Crippen molar-refractivity contribution in [2.45, 2.75) is 19.3 Å². The van der Waals surface area contributed by atoms with Crippen LogP contribution in [0.25, 0.3) is 11.0 Å². The van der Waals surface area contributed by atoms with E-state index in [0.29, 0.717) is 12.2 Å². The quantitative estimate of drug-likeness (QED) is 0.581. The number of benzene rings is 2. The first kappa shape index (κ1) is 14.1. The average molecular weight is 343 g/mol. The summed E-state index contributed by atoms with van der Waals surface area (Å²) in [5.74, 6) is 0.513. The molecule has 3 rings (SSSR count). The van der Waals surface area contributed by atoms with E-state index in [1.54, 1.807) is 0 Å². The van der Waals surface area contributed by atoms with E-state index in [0.717, 1.165) is 28.3 Å². The highest BCUT2D eigenvalue weighted by Gasteiger charge is 2.13. The zero-order valence-electron chi connectivity index (χ0n) is 11.5. The molecule has 0 aliphatic rings. The summed E-state index contributed by atoms with van der Waals surface area (Å²) in [6.45, 7) is 0. The number of rotatable bonds is 5. The van der Waals surface area contributed by atoms with Crippen LogP contribution in [0, 0.1) is 0 Å². The molecule has 2 aromatic carbocycles. The molecule has 0 unspecified atom stereocenters. The van der Waals surface area contributed by atoms with E-state index in [1.165, 1.54) is 5.56 Å². The van der Waals surface area contributed by atoms with Gasteiger partial charge in [-0.05, 0) is 46.5 Å². The molecule has 3 heteroatoms. The van der Waals surface area contributed by atoms with Gasteiger partial charge in [0, 0.05) is 11.8 Å². The first-order valence-electron chi connectivity index (χ1n) is 6.99. The van der Waals surface area contributed by atoms with Crippen molar-refractivity contribution >= 4 is 32.7 Å². The molecule has 0 saturated heterocycles. The Morgan fingerprint density at radius 2 is 1.86 bits per heavy atom. The SMILES string of the molecule is O=C(CCCc1ccccc1)c1cc2cccc(Br)c2o1. The van der Waals surface area contributed by atoms with Crippen LogP contribution in [0.2, 0.25) is 0 Å². The van der Waals surface area contributed by atoms with Crippen LogP contribution in [0.3, 0.4) is 0 Å². The molecule has 21 heavy (non-hydrogen) atoms. The lowest BCUT2D eigenvalue weighted by atomic mass is 10.1. The minimum atomic E-state index is 0.0639. The van der Waals surface area contributed by atoms with Crippen LogP contribution in [0.15, 0.2) is 63.5 Å². The number of ketones is 1. The molecule has 0 N–H and O–H groups in total. The molecule has 2 nitrogen and oxygen atoms in total. The second-order valence-electron chi connectivity index (χ2n) is 5.03. The van der Waals surface area contributed by atoms with Crippen LogP contribution < -0.4 is 0 Å². The van der Waals surface area contributed by atoms with E-state index in [4.69, 9.17) is 4.42 Å². The number of halogens is 1. The van der Waals surface area contributed by atoms with Crippen molar-refractivity contribution in [2.75, 3.05) is 0 Å². The third kappa shape index (κ3) is 3.24. The first-order valence-corrected chi connectivity index (χ1v) is 7.78. The Bertz CT molecular complexity index is 759. The zero-order chi connectivity index (χ0) is 14.7. The summed E-state index contributed by atoms with van der Waals surface area (Å²) in [7, 11) is 0. The summed E-state index contributed by atoms with van der Waals surface area (Å²) >= 11 is 3.44. The summed E-state index contributed by atoms with van der Waals surface area (Å²) < 4.78 is 6.55. The van der Waals surface area contributed by atoms with Crippen LogP contribution in [-0.4, -0.2) is 5.78 Å². The second-order valence-corrected chi connectivity index (χ2v) is 5.89. The van der Waals surface area contributed by atoms with E-state index in [-0.39, 0.29) is 5.78 Å². The summed E-state index contributed by atoms with van der Waals surface area (Å²) in [6.07, 6.45) is 2.25. The zero-order valence-corrected chi connectivity index (χ0v) is 13.1. The highest BCUT2D eigenvalue weighted by atomic mass is 79.9. The van der Waals surface area contributed by atoms with Crippen LogP contribution in [0.5, 0.6) is 0 Å². The van der Waals surface area contributed by atoms with Gasteiger partial charge in [-0.15, -0.1) is 0 Å². The number of para-hydroxylation sites is 1. The molecule has 1 heterocycles. The van der Waals surface area contributed by atoms with Gasteiger partial charge >= 0.3 is 0 Å². The topological polar surface area (TPSA) is 30.2 Å². The highest BCUT2D eigenvalue weighted by molar-refractivity contribution is 9.10. The minimum Gasteiger partial charge on any atom is -0.452 e. The van der Waals surface area contributed by atoms with Gasteiger partial charge in [-0.1, -0.05) is 42.5 Å². The molecule has 0 spiro atoms. The van der Waals surface area contributed by atoms with Gasteiger partial charge in [-0.3, -0.25) is 4.79 Å². The van der Waals surface area contributed by atoms with Crippen LogP contribution in [0.4, 0.5) is 0 Å². The van der Waals surface area contributed by atoms with Crippen molar-refractivity contribution in [1.29, 1.82) is 0 Å². The molecule has 0 bridgehead atoms. The molecule has 0 aliphatic carbocycles. The summed E-state index contributed by atoms with van der Waals surface area (Å²) in [5.41, 5.74) is 2.00. The van der Waals surface area contributed by atoms with Crippen molar-refractivity contribution in [3.05, 3.63) is 70.4 Å². The van der Waals surface area contributed by atoms with Gasteiger partial charge in [-0.2, -0.15) is 0 Å². The van der Waals surface area contributed by atoms with E-state index >= 15 is 0 Å². The third-order valence-corrected chi connectivity index (χ3v) is 4.11. The van der Waals surface area contributed by atoms with E-state index in [1.807, 2.05) is 42.5 Å². The lowest BCUT2D eigenvalue weighted by Crippen LogP contribution is -1.98. The van der Waals surface area contributed by atoms with Crippen LogP contribution >= 0.6 is 15.9 Å². The van der Waals surface area contributed by atoms with E-state index < -0.39 is 0 Å². The fourth-order valence-corrected chi connectivity index (χ4v) is 2.85. The largest absolute Gasteiger partial charge is 0.452 e. The Morgan fingerprint density at radius 3 is 2.62 bits per heavy atom. The number of aryl methyl sites for hydroxylation is 1. The molecule has 0 radical (unpaired) electrons. The number of furan rings is 1. The van der Waals surface area contributed by atoms with Crippen molar-refractivity contribution in [2.24, 2.45) is 0 Å². The number of hydrogen-bond acceptors (Lipinski definition) is 2. The van der Waals surface area contributed by atoms with Crippen molar-refractivity contribution in [3.8, 4) is 0 Å². The van der Waals surface area contributed by atoms with Gasteiger partial charge < -0.3 is 4.42 Å². The van der Waals surface area contributed by atoms with Crippen LogP contribution in [-0.2, 0) is 6.42 Å². The Kier molecular flexibility index (Phi) is 4.20. The first-order chi connectivity index (χ1) is 10.2. The Morgan fingerprint density at radius 1 is 1.05 bits per heavy atom. The monoisotopic (exact) mass is 342 g/mol. The third-order valence-electron chi connectivity index (χ3n) is 3.48. The normalized spacial score (nSPS) is 10.9. The molecule has 0 amide bonds. The fourth-order valence-electron chi connectivity index (χ4n) is 2.39. The molecule has 0 saturated carbocycles. The van der Waals surface area contributed by atoms with Crippen molar-refractivity contribution in [1.82, 2.24) is 0 Å². The molecular weight excluding hydrogens is 328 g/mol. The average Bonchev–Trinajstić information content (AvgIpc) is 2.94. The molecule has 0 atom stereocenters. The Labute approximate surface area is 131 Å². The maximum atomic E-state index is 12.2. The van der Waals surface area contributed by atoms with Gasteiger partial charge in [-0.25, -0.2) is 0 Å². The van der Waals surface area contributed by atoms with Gasteiger partial charge in [0.15, 0.2) is 11.5 Å². The van der Waals surface area contributed by atoms with Gasteiger partial charge in [0.2, 0.25) is 0 Å². The number of carbonyl (C=O) groups is 1. The fraction of sp³-hybridized carbons (Fsp3) is 0.167. The molecular formula is C18H15BrO2. The van der Waals surface area contributed by atoms with Crippen molar-refractivity contribution in [3.63, 3.8) is 0 Å². The minimum absolute atomic E-state index is 0.0639. The maximum Gasteiger partial charge on any atom is 0.198 e. The molecule has 0 aliphatic heterocycles. The van der Waals surface area contributed by atoms with E-state index in [9.17, 15) is 4.79 Å². The molecule has 0 fully saturated rings. The predicted molar refractivity (Wildman–Crippen MR) is 87.6 cm³/mol. The van der Waals surface area contributed by atoms with Crippen LogP contribution in [0.1, 0.15) is 29.0 Å². The molecule has 3 aromatic rings. The lowest BCUT2D eigenvalue weighted by Gasteiger charge is -1.99. The number of carbonyl (C=O) groups excluding carboxylic acids is 1. The maximum absolute atomic E-state index is 12.2. The number of Topliss-reactive ketones (excluding diaryl/α,β-unsaturated/α-hetero) is 1.